The zero-order valence-electron chi connectivity index (χ0n) is 15.3. The van der Waals surface area contributed by atoms with Gasteiger partial charge >= 0.3 is 0 Å². The Labute approximate surface area is 153 Å². The maximum absolute atomic E-state index is 5.98. The fourth-order valence-corrected chi connectivity index (χ4v) is 3.56. The molecule has 0 radical (unpaired) electrons. The second kappa shape index (κ2) is 8.14. The van der Waals surface area contributed by atoms with E-state index in [-0.39, 0.29) is 5.92 Å². The van der Waals surface area contributed by atoms with Crippen molar-refractivity contribution in [2.75, 3.05) is 32.9 Å². The van der Waals surface area contributed by atoms with E-state index in [9.17, 15) is 0 Å². The predicted molar refractivity (Wildman–Crippen MR) is 94.9 cm³/mol. The van der Waals surface area contributed by atoms with Gasteiger partial charge in [0.2, 0.25) is 11.8 Å². The summed E-state index contributed by atoms with van der Waals surface area (Å²) in [6.07, 6.45) is 6.85. The van der Waals surface area contributed by atoms with Gasteiger partial charge in [-0.1, -0.05) is 0 Å². The summed E-state index contributed by atoms with van der Waals surface area (Å²) < 4.78 is 17.2. The quantitative estimate of drug-likeness (QED) is 0.786. The van der Waals surface area contributed by atoms with E-state index in [1.165, 1.54) is 0 Å². The fourth-order valence-electron chi connectivity index (χ4n) is 3.56. The summed E-state index contributed by atoms with van der Waals surface area (Å²) in [5, 5.41) is 8.42. The Morgan fingerprint density at radius 2 is 2.12 bits per heavy atom. The highest BCUT2D eigenvalue weighted by Gasteiger charge is 2.25. The van der Waals surface area contributed by atoms with Gasteiger partial charge < -0.3 is 13.9 Å². The molecule has 0 aromatic carbocycles. The first-order valence-corrected chi connectivity index (χ1v) is 9.43. The molecular formula is C19H26N4O3. The number of hydrogen-bond acceptors (Lipinski definition) is 7. The third kappa shape index (κ3) is 4.22. The first kappa shape index (κ1) is 17.4. The van der Waals surface area contributed by atoms with Gasteiger partial charge in [-0.2, -0.15) is 0 Å². The van der Waals surface area contributed by atoms with Crippen LogP contribution in [0.25, 0.3) is 0 Å². The van der Waals surface area contributed by atoms with E-state index in [0.717, 1.165) is 69.3 Å². The van der Waals surface area contributed by atoms with Gasteiger partial charge in [0.05, 0.1) is 25.7 Å². The standard InChI is InChI=1S/C19H26N4O3/c1-14-10-20-6-2-17(14)25-12-15-3-7-23(8-4-15)11-18-21-22-19(26-18)16-5-9-24-13-16/h2,6,10,15-16H,3-5,7-9,11-13H2,1H3. The number of rotatable bonds is 6. The number of nitrogens with zero attached hydrogens (tertiary/aromatic N) is 4. The molecule has 7 nitrogen and oxygen atoms in total. The van der Waals surface area contributed by atoms with Crippen LogP contribution >= 0.6 is 0 Å². The molecule has 2 aliphatic heterocycles. The van der Waals surface area contributed by atoms with Crippen molar-refractivity contribution in [3.05, 3.63) is 35.8 Å². The number of piperidine rings is 1. The molecule has 1 atom stereocenters. The molecule has 0 bridgehead atoms. The van der Waals surface area contributed by atoms with Crippen LogP contribution in [0.4, 0.5) is 0 Å². The molecule has 0 spiro atoms. The highest BCUT2D eigenvalue weighted by atomic mass is 16.5. The topological polar surface area (TPSA) is 73.5 Å². The van der Waals surface area contributed by atoms with Crippen LogP contribution in [0.3, 0.4) is 0 Å². The molecule has 0 saturated carbocycles. The third-order valence-electron chi connectivity index (χ3n) is 5.27. The summed E-state index contributed by atoms with van der Waals surface area (Å²) in [5.74, 6) is 3.25. The molecule has 26 heavy (non-hydrogen) atoms. The summed E-state index contributed by atoms with van der Waals surface area (Å²) in [5.41, 5.74) is 1.09. The van der Waals surface area contributed by atoms with Crippen molar-refractivity contribution in [2.45, 2.75) is 38.6 Å². The Balaban J connectivity index is 1.22. The second-order valence-electron chi connectivity index (χ2n) is 7.27. The lowest BCUT2D eigenvalue weighted by Gasteiger charge is -2.30. The summed E-state index contributed by atoms with van der Waals surface area (Å²) in [6.45, 7) is 7.09. The summed E-state index contributed by atoms with van der Waals surface area (Å²) in [4.78, 5) is 6.49. The summed E-state index contributed by atoms with van der Waals surface area (Å²) in [7, 11) is 0. The van der Waals surface area contributed by atoms with Crippen LogP contribution in [0.5, 0.6) is 5.75 Å². The van der Waals surface area contributed by atoms with Crippen molar-refractivity contribution in [1.82, 2.24) is 20.1 Å². The number of aryl methyl sites for hydroxylation is 1. The predicted octanol–water partition coefficient (Wildman–Crippen LogP) is 2.57. The number of pyridine rings is 1. The Kier molecular flexibility index (Phi) is 5.45. The number of hydrogen-bond donors (Lipinski definition) is 0. The Morgan fingerprint density at radius 3 is 2.88 bits per heavy atom. The minimum atomic E-state index is 0.274. The average molecular weight is 358 g/mol. The first-order chi connectivity index (χ1) is 12.8. The van der Waals surface area contributed by atoms with Gasteiger partial charge in [0.15, 0.2) is 0 Å². The molecule has 2 aromatic heterocycles. The lowest BCUT2D eigenvalue weighted by Crippen LogP contribution is -2.35. The highest BCUT2D eigenvalue weighted by Crippen LogP contribution is 2.25. The van der Waals surface area contributed by atoms with Crippen molar-refractivity contribution < 1.29 is 13.9 Å². The normalized spacial score (nSPS) is 22.0. The zero-order valence-corrected chi connectivity index (χ0v) is 15.3. The maximum Gasteiger partial charge on any atom is 0.230 e. The minimum Gasteiger partial charge on any atom is -0.493 e. The van der Waals surface area contributed by atoms with Gasteiger partial charge in [0.25, 0.3) is 0 Å². The van der Waals surface area contributed by atoms with E-state index in [2.05, 4.69) is 20.1 Å². The molecule has 4 heterocycles. The van der Waals surface area contributed by atoms with Crippen LogP contribution in [0, 0.1) is 12.8 Å². The number of aromatic nitrogens is 3. The smallest absolute Gasteiger partial charge is 0.230 e. The molecule has 140 valence electrons. The molecule has 0 aliphatic carbocycles. The Hall–Kier alpha value is -1.99. The molecule has 2 saturated heterocycles. The Morgan fingerprint density at radius 1 is 1.23 bits per heavy atom. The van der Waals surface area contributed by atoms with Crippen LogP contribution in [0.1, 0.15) is 42.5 Å². The average Bonchev–Trinajstić information content (AvgIpc) is 3.34. The van der Waals surface area contributed by atoms with E-state index in [1.54, 1.807) is 6.20 Å². The summed E-state index contributed by atoms with van der Waals surface area (Å²) >= 11 is 0. The van der Waals surface area contributed by atoms with Crippen LogP contribution in [-0.2, 0) is 11.3 Å². The van der Waals surface area contributed by atoms with E-state index < -0.39 is 0 Å². The van der Waals surface area contributed by atoms with Crippen LogP contribution < -0.4 is 4.74 Å². The molecule has 4 rings (SSSR count). The Bertz CT molecular complexity index is 706. The monoisotopic (exact) mass is 358 g/mol. The highest BCUT2D eigenvalue weighted by molar-refractivity contribution is 5.28. The van der Waals surface area contributed by atoms with E-state index in [1.807, 2.05) is 19.2 Å². The van der Waals surface area contributed by atoms with E-state index in [0.29, 0.717) is 18.4 Å². The lowest BCUT2D eigenvalue weighted by atomic mass is 9.98. The van der Waals surface area contributed by atoms with E-state index >= 15 is 0 Å². The van der Waals surface area contributed by atoms with Crippen molar-refractivity contribution in [3.63, 3.8) is 0 Å². The van der Waals surface area contributed by atoms with Crippen LogP contribution in [0.2, 0.25) is 0 Å². The maximum atomic E-state index is 5.98. The van der Waals surface area contributed by atoms with Crippen molar-refractivity contribution in [3.8, 4) is 5.75 Å². The van der Waals surface area contributed by atoms with Crippen molar-refractivity contribution >= 4 is 0 Å². The fraction of sp³-hybridized carbons (Fsp3) is 0.632. The summed E-state index contributed by atoms with van der Waals surface area (Å²) in [6, 6.07) is 1.94. The number of likely N-dealkylation sites (tertiary alicyclic amines) is 1. The van der Waals surface area contributed by atoms with Gasteiger partial charge in [0, 0.05) is 24.6 Å². The van der Waals surface area contributed by atoms with Gasteiger partial charge in [-0.15, -0.1) is 10.2 Å². The second-order valence-corrected chi connectivity index (χ2v) is 7.27. The zero-order chi connectivity index (χ0) is 17.8. The molecule has 1 unspecified atom stereocenters. The van der Waals surface area contributed by atoms with Gasteiger partial charge in [-0.05, 0) is 51.3 Å². The van der Waals surface area contributed by atoms with Gasteiger partial charge in [-0.3, -0.25) is 9.88 Å². The minimum absolute atomic E-state index is 0.274. The van der Waals surface area contributed by atoms with Crippen molar-refractivity contribution in [2.24, 2.45) is 5.92 Å². The van der Waals surface area contributed by atoms with Gasteiger partial charge in [0.1, 0.15) is 5.75 Å². The number of ether oxygens (including phenoxy) is 2. The largest absolute Gasteiger partial charge is 0.493 e. The lowest BCUT2D eigenvalue weighted by molar-refractivity contribution is 0.128. The molecule has 0 amide bonds. The molecule has 2 fully saturated rings. The van der Waals surface area contributed by atoms with E-state index in [4.69, 9.17) is 13.9 Å². The molecule has 0 N–H and O–H groups in total. The molecule has 7 heteroatoms. The SMILES string of the molecule is Cc1cnccc1OCC1CCN(Cc2nnc(C3CCOC3)o2)CC1. The molecular weight excluding hydrogens is 332 g/mol. The molecule has 2 aliphatic rings. The third-order valence-corrected chi connectivity index (χ3v) is 5.27. The van der Waals surface area contributed by atoms with Crippen LogP contribution in [0.15, 0.2) is 22.9 Å². The molecule has 2 aromatic rings. The van der Waals surface area contributed by atoms with Crippen LogP contribution in [-0.4, -0.2) is 53.0 Å². The first-order valence-electron chi connectivity index (χ1n) is 9.43. The van der Waals surface area contributed by atoms with Crippen molar-refractivity contribution in [1.29, 1.82) is 0 Å². The van der Waals surface area contributed by atoms with Gasteiger partial charge in [-0.25, -0.2) is 0 Å².